The van der Waals surface area contributed by atoms with Crippen molar-refractivity contribution in [1.82, 2.24) is 0 Å². The molecule has 0 spiro atoms. The fourth-order valence-corrected chi connectivity index (χ4v) is 1.54. The van der Waals surface area contributed by atoms with Crippen LogP contribution in [0, 0.1) is 20.2 Å². The average molecular weight is 252 g/mol. The standard InChI is InChI=1S/C11H12N2O5/c14-11(9-5-2-1-3-6-9)10(13(17)18)7-4-8-12(15)16/h1-3,5-6,10H,4,7-8H2. The zero-order chi connectivity index (χ0) is 13.5. The molecule has 1 rings (SSSR count). The van der Waals surface area contributed by atoms with Gasteiger partial charge in [-0.25, -0.2) is 0 Å². The number of hydrogen-bond donors (Lipinski definition) is 0. The molecule has 1 aromatic carbocycles. The van der Waals surface area contributed by atoms with Gasteiger partial charge in [-0.2, -0.15) is 0 Å². The van der Waals surface area contributed by atoms with E-state index in [1.54, 1.807) is 18.2 Å². The van der Waals surface area contributed by atoms with Crippen molar-refractivity contribution in [2.24, 2.45) is 0 Å². The Bertz CT molecular complexity index is 446. The second kappa shape index (κ2) is 6.43. The molecule has 0 aliphatic rings. The summed E-state index contributed by atoms with van der Waals surface area (Å²) < 4.78 is 0. The monoisotopic (exact) mass is 252 g/mol. The van der Waals surface area contributed by atoms with Crippen molar-refractivity contribution in [3.63, 3.8) is 0 Å². The SMILES string of the molecule is O=C(c1ccccc1)C(CCC[N+](=O)[O-])[N+](=O)[O-]. The molecule has 0 aliphatic heterocycles. The predicted octanol–water partition coefficient (Wildman–Crippen LogP) is 1.57. The number of hydrogen-bond acceptors (Lipinski definition) is 5. The molecule has 1 aromatic rings. The smallest absolute Gasteiger partial charge is 0.275 e. The molecule has 0 saturated heterocycles. The predicted molar refractivity (Wildman–Crippen MR) is 62.7 cm³/mol. The maximum atomic E-state index is 11.9. The minimum atomic E-state index is -1.41. The largest absolute Gasteiger partial charge is 0.286 e. The molecular formula is C11H12N2O5. The maximum absolute atomic E-state index is 11.9. The van der Waals surface area contributed by atoms with Gasteiger partial charge in [0.2, 0.25) is 12.3 Å². The first-order chi connectivity index (χ1) is 8.52. The third kappa shape index (κ3) is 3.93. The molecule has 0 N–H and O–H groups in total. The number of ketones is 1. The van der Waals surface area contributed by atoms with E-state index < -0.39 is 21.7 Å². The van der Waals surface area contributed by atoms with Crippen molar-refractivity contribution < 1.29 is 14.6 Å². The third-order valence-corrected chi connectivity index (χ3v) is 2.43. The number of benzene rings is 1. The number of carbonyl (C=O) groups excluding carboxylic acids is 1. The summed E-state index contributed by atoms with van der Waals surface area (Å²) in [5, 5.41) is 20.9. The van der Waals surface area contributed by atoms with E-state index in [0.29, 0.717) is 0 Å². The van der Waals surface area contributed by atoms with E-state index in [2.05, 4.69) is 0 Å². The molecule has 0 saturated carbocycles. The van der Waals surface area contributed by atoms with Crippen molar-refractivity contribution in [3.05, 3.63) is 56.1 Å². The van der Waals surface area contributed by atoms with Crippen LogP contribution in [0.15, 0.2) is 30.3 Å². The quantitative estimate of drug-likeness (QED) is 0.416. The van der Waals surface area contributed by atoms with E-state index in [4.69, 9.17) is 0 Å². The second-order valence-electron chi connectivity index (χ2n) is 3.73. The molecule has 0 amide bonds. The first-order valence-corrected chi connectivity index (χ1v) is 5.37. The lowest BCUT2D eigenvalue weighted by Crippen LogP contribution is -2.30. The Balaban J connectivity index is 2.70. The van der Waals surface area contributed by atoms with Crippen molar-refractivity contribution in [2.45, 2.75) is 18.9 Å². The van der Waals surface area contributed by atoms with E-state index >= 15 is 0 Å². The van der Waals surface area contributed by atoms with E-state index in [1.807, 2.05) is 0 Å². The van der Waals surface area contributed by atoms with Crippen LogP contribution in [0.4, 0.5) is 0 Å². The highest BCUT2D eigenvalue weighted by atomic mass is 16.6. The molecule has 1 atom stereocenters. The van der Waals surface area contributed by atoms with Gasteiger partial charge in [0, 0.05) is 28.3 Å². The van der Waals surface area contributed by atoms with Gasteiger partial charge < -0.3 is 0 Å². The Kier molecular flexibility index (Phi) is 4.91. The first-order valence-electron chi connectivity index (χ1n) is 5.37. The minimum absolute atomic E-state index is 0.0111. The van der Waals surface area contributed by atoms with Gasteiger partial charge in [0.25, 0.3) is 6.04 Å². The zero-order valence-electron chi connectivity index (χ0n) is 9.52. The van der Waals surface area contributed by atoms with Crippen LogP contribution in [0.1, 0.15) is 23.2 Å². The molecule has 0 fully saturated rings. The Morgan fingerprint density at radius 1 is 1.17 bits per heavy atom. The van der Waals surface area contributed by atoms with Crippen molar-refractivity contribution in [1.29, 1.82) is 0 Å². The molecule has 18 heavy (non-hydrogen) atoms. The van der Waals surface area contributed by atoms with Crippen molar-refractivity contribution in [2.75, 3.05) is 6.54 Å². The van der Waals surface area contributed by atoms with E-state index in [-0.39, 0.29) is 24.9 Å². The van der Waals surface area contributed by atoms with Crippen LogP contribution in [-0.4, -0.2) is 28.2 Å². The van der Waals surface area contributed by atoms with Crippen molar-refractivity contribution >= 4 is 5.78 Å². The van der Waals surface area contributed by atoms with Crippen LogP contribution in [0.3, 0.4) is 0 Å². The van der Waals surface area contributed by atoms with Crippen LogP contribution in [0.25, 0.3) is 0 Å². The lowest BCUT2D eigenvalue weighted by atomic mass is 10.0. The lowest BCUT2D eigenvalue weighted by Gasteiger charge is -2.07. The van der Waals surface area contributed by atoms with Crippen LogP contribution in [0.5, 0.6) is 0 Å². The number of Topliss-reactive ketones (excluding diaryl/α,β-unsaturated/α-hetero) is 1. The van der Waals surface area contributed by atoms with Crippen LogP contribution in [0.2, 0.25) is 0 Å². The third-order valence-electron chi connectivity index (χ3n) is 2.43. The molecule has 7 heteroatoms. The van der Waals surface area contributed by atoms with Crippen LogP contribution in [-0.2, 0) is 0 Å². The molecule has 0 bridgehead atoms. The molecule has 0 radical (unpaired) electrons. The van der Waals surface area contributed by atoms with E-state index in [1.165, 1.54) is 12.1 Å². The summed E-state index contributed by atoms with van der Waals surface area (Å²) in [5.41, 5.74) is 0.250. The summed E-state index contributed by atoms with van der Waals surface area (Å²) in [6.07, 6.45) is -0.112. The Morgan fingerprint density at radius 3 is 2.28 bits per heavy atom. The topological polar surface area (TPSA) is 103 Å². The van der Waals surface area contributed by atoms with Gasteiger partial charge in [-0.15, -0.1) is 0 Å². The van der Waals surface area contributed by atoms with Crippen LogP contribution < -0.4 is 0 Å². The Labute approximate surface area is 103 Å². The summed E-state index contributed by atoms with van der Waals surface area (Å²) in [6.45, 7) is -0.369. The highest BCUT2D eigenvalue weighted by Gasteiger charge is 2.30. The highest BCUT2D eigenvalue weighted by Crippen LogP contribution is 2.10. The molecule has 0 heterocycles. The number of nitrogens with zero attached hydrogens (tertiary/aromatic N) is 2. The molecule has 96 valence electrons. The van der Waals surface area contributed by atoms with E-state index in [0.717, 1.165) is 0 Å². The lowest BCUT2D eigenvalue weighted by molar-refractivity contribution is -0.511. The minimum Gasteiger partial charge on any atom is -0.286 e. The summed E-state index contributed by atoms with van der Waals surface area (Å²) in [6, 6.07) is 6.50. The molecule has 0 aliphatic carbocycles. The van der Waals surface area contributed by atoms with E-state index in [9.17, 15) is 25.0 Å². The summed E-state index contributed by atoms with van der Waals surface area (Å²) >= 11 is 0. The normalized spacial score (nSPS) is 11.8. The van der Waals surface area contributed by atoms with Gasteiger partial charge in [-0.3, -0.25) is 25.0 Å². The Morgan fingerprint density at radius 2 is 1.78 bits per heavy atom. The van der Waals surface area contributed by atoms with Crippen molar-refractivity contribution in [3.8, 4) is 0 Å². The number of nitro groups is 2. The summed E-state index contributed by atoms with van der Waals surface area (Å²) in [5.74, 6) is -0.607. The van der Waals surface area contributed by atoms with Gasteiger partial charge in [-0.1, -0.05) is 30.3 Å². The maximum Gasteiger partial charge on any atom is 0.275 e. The first kappa shape index (κ1) is 13.8. The van der Waals surface area contributed by atoms with Crippen LogP contribution >= 0.6 is 0 Å². The van der Waals surface area contributed by atoms with Gasteiger partial charge in [0.15, 0.2) is 0 Å². The molecule has 1 unspecified atom stereocenters. The second-order valence-corrected chi connectivity index (χ2v) is 3.73. The fraction of sp³-hybridized carbons (Fsp3) is 0.364. The Hall–Kier alpha value is -2.31. The van der Waals surface area contributed by atoms with Gasteiger partial charge in [0.1, 0.15) is 0 Å². The van der Waals surface area contributed by atoms with Gasteiger partial charge in [-0.05, 0) is 0 Å². The fourth-order valence-electron chi connectivity index (χ4n) is 1.54. The number of rotatable bonds is 7. The molecular weight excluding hydrogens is 240 g/mol. The molecule has 0 aromatic heterocycles. The average Bonchev–Trinajstić information content (AvgIpc) is 2.34. The summed E-state index contributed by atoms with van der Waals surface area (Å²) in [7, 11) is 0. The summed E-state index contributed by atoms with van der Waals surface area (Å²) in [4.78, 5) is 31.6. The number of carbonyl (C=O) groups is 1. The highest BCUT2D eigenvalue weighted by molar-refractivity contribution is 5.99. The molecule has 7 nitrogen and oxygen atoms in total. The van der Waals surface area contributed by atoms with Gasteiger partial charge in [0.05, 0.1) is 0 Å². The van der Waals surface area contributed by atoms with Gasteiger partial charge >= 0.3 is 0 Å². The zero-order valence-corrected chi connectivity index (χ0v) is 9.52.